The van der Waals surface area contributed by atoms with E-state index in [1.807, 2.05) is 34.0 Å². The zero-order valence-corrected chi connectivity index (χ0v) is 30.2. The molecule has 4 heteroatoms. The smallest absolute Gasteiger partial charge is 0.0548 e. The lowest BCUT2D eigenvalue weighted by Gasteiger charge is -2.15. The first-order chi connectivity index (χ1) is 25.8. The molecule has 0 spiro atoms. The van der Waals surface area contributed by atoms with E-state index in [-0.39, 0.29) is 0 Å². The standard InChI is InChI=1S/C48H27NS3/c1-5-19-39-37(13-1)45-40(23-24-44-46(45)38-14-4-8-22-43(38)50-44)49(39)30-26-28(31-15-9-17-35-33-11-2-6-20-41(33)51-47(31)35)25-29(27-30)32-16-10-18-36-34-12-3-7-21-42(34)52-48(32)36/h1-27H. The second-order valence-electron chi connectivity index (χ2n) is 13.6. The van der Waals surface area contributed by atoms with Crippen LogP contribution in [0.15, 0.2) is 164 Å². The largest absolute Gasteiger partial charge is 0.309 e. The lowest BCUT2D eigenvalue weighted by Crippen LogP contribution is -1.96. The summed E-state index contributed by atoms with van der Waals surface area (Å²) in [5, 5.41) is 10.6. The second-order valence-corrected chi connectivity index (χ2v) is 16.8. The highest BCUT2D eigenvalue weighted by atomic mass is 32.1. The van der Waals surface area contributed by atoms with Gasteiger partial charge in [-0.2, -0.15) is 0 Å². The number of benzene rings is 8. The van der Waals surface area contributed by atoms with Crippen molar-refractivity contribution in [2.75, 3.05) is 0 Å². The molecule has 4 heterocycles. The molecule has 4 aromatic heterocycles. The van der Waals surface area contributed by atoms with Crippen molar-refractivity contribution in [1.29, 1.82) is 0 Å². The molecular weight excluding hydrogens is 687 g/mol. The van der Waals surface area contributed by atoms with E-state index in [4.69, 9.17) is 0 Å². The molecule has 12 aromatic rings. The normalized spacial score (nSPS) is 12.2. The first-order valence-electron chi connectivity index (χ1n) is 17.6. The van der Waals surface area contributed by atoms with Crippen molar-refractivity contribution in [1.82, 2.24) is 4.57 Å². The molecular formula is C48H27NS3. The minimum absolute atomic E-state index is 1.17. The Balaban J connectivity index is 1.21. The van der Waals surface area contributed by atoms with Crippen LogP contribution >= 0.6 is 34.0 Å². The Morgan fingerprint density at radius 3 is 1.48 bits per heavy atom. The third-order valence-electron chi connectivity index (χ3n) is 10.8. The molecule has 242 valence electrons. The zero-order valence-electron chi connectivity index (χ0n) is 27.8. The maximum Gasteiger partial charge on any atom is 0.0548 e. The SMILES string of the molecule is c1ccc2c(c1)sc1c(-c3cc(-c4cccc5c4sc4ccccc45)cc(-n4c5ccccc5c5c6c(ccc54)sc4ccccc46)c3)cccc12. The number of hydrogen-bond acceptors (Lipinski definition) is 3. The van der Waals surface area contributed by atoms with Crippen LogP contribution in [0, 0.1) is 0 Å². The summed E-state index contributed by atoms with van der Waals surface area (Å²) in [5.74, 6) is 0. The summed E-state index contributed by atoms with van der Waals surface area (Å²) in [4.78, 5) is 0. The summed E-state index contributed by atoms with van der Waals surface area (Å²) in [6.45, 7) is 0. The van der Waals surface area contributed by atoms with Crippen LogP contribution in [0.3, 0.4) is 0 Å². The third kappa shape index (κ3) is 4.03. The summed E-state index contributed by atoms with van der Waals surface area (Å²) < 4.78 is 10.5. The van der Waals surface area contributed by atoms with Crippen LogP contribution in [0.4, 0.5) is 0 Å². The van der Waals surface area contributed by atoms with Crippen LogP contribution < -0.4 is 0 Å². The number of aromatic nitrogens is 1. The number of para-hydroxylation sites is 1. The van der Waals surface area contributed by atoms with Crippen LogP contribution in [0.1, 0.15) is 0 Å². The molecule has 52 heavy (non-hydrogen) atoms. The van der Waals surface area contributed by atoms with Gasteiger partial charge in [-0.1, -0.05) is 109 Å². The Labute approximate surface area is 310 Å². The fourth-order valence-corrected chi connectivity index (χ4v) is 12.1. The molecule has 0 saturated heterocycles. The van der Waals surface area contributed by atoms with Crippen LogP contribution in [-0.2, 0) is 0 Å². The van der Waals surface area contributed by atoms with Gasteiger partial charge in [-0.25, -0.2) is 0 Å². The van der Waals surface area contributed by atoms with Crippen molar-refractivity contribution in [2.45, 2.75) is 0 Å². The Hall–Kier alpha value is -5.78. The summed E-state index contributed by atoms with van der Waals surface area (Å²) in [5.41, 5.74) is 8.65. The predicted molar refractivity (Wildman–Crippen MR) is 230 cm³/mol. The van der Waals surface area contributed by atoms with Crippen LogP contribution in [-0.4, -0.2) is 4.57 Å². The lowest BCUT2D eigenvalue weighted by molar-refractivity contribution is 1.18. The van der Waals surface area contributed by atoms with Gasteiger partial charge in [-0.15, -0.1) is 34.0 Å². The minimum Gasteiger partial charge on any atom is -0.309 e. The summed E-state index contributed by atoms with van der Waals surface area (Å²) >= 11 is 5.69. The first-order valence-corrected chi connectivity index (χ1v) is 20.0. The van der Waals surface area contributed by atoms with Crippen molar-refractivity contribution in [3.05, 3.63) is 164 Å². The molecule has 0 bridgehead atoms. The first kappa shape index (κ1) is 28.9. The van der Waals surface area contributed by atoms with E-state index in [0.717, 1.165) is 0 Å². The summed E-state index contributed by atoms with van der Waals surface area (Å²) in [6.07, 6.45) is 0. The maximum absolute atomic E-state index is 2.51. The van der Waals surface area contributed by atoms with Crippen LogP contribution in [0.5, 0.6) is 0 Å². The quantitative estimate of drug-likeness (QED) is 0.172. The predicted octanol–water partition coefficient (Wildman–Crippen LogP) is 15.2. The Morgan fingerprint density at radius 1 is 0.327 bits per heavy atom. The summed E-state index contributed by atoms with van der Waals surface area (Å²) in [6, 6.07) is 61.1. The molecule has 8 aromatic carbocycles. The van der Waals surface area contributed by atoms with E-state index in [1.165, 1.54) is 110 Å². The second kappa shape index (κ2) is 10.9. The monoisotopic (exact) mass is 713 g/mol. The van der Waals surface area contributed by atoms with Gasteiger partial charge < -0.3 is 4.57 Å². The van der Waals surface area contributed by atoms with Gasteiger partial charge in [0.25, 0.3) is 0 Å². The lowest BCUT2D eigenvalue weighted by atomic mass is 9.96. The van der Waals surface area contributed by atoms with Crippen LogP contribution in [0.2, 0.25) is 0 Å². The van der Waals surface area contributed by atoms with Gasteiger partial charge in [-0.3, -0.25) is 0 Å². The van der Waals surface area contributed by atoms with Gasteiger partial charge in [0.15, 0.2) is 0 Å². The van der Waals surface area contributed by atoms with Gasteiger partial charge in [0.05, 0.1) is 11.0 Å². The average Bonchev–Trinajstić information content (AvgIpc) is 3.96. The van der Waals surface area contributed by atoms with Crippen molar-refractivity contribution in [3.63, 3.8) is 0 Å². The van der Waals surface area contributed by atoms with Gasteiger partial charge in [0.2, 0.25) is 0 Å². The van der Waals surface area contributed by atoms with E-state index in [1.54, 1.807) is 0 Å². The van der Waals surface area contributed by atoms with E-state index < -0.39 is 0 Å². The van der Waals surface area contributed by atoms with Crippen molar-refractivity contribution in [3.8, 4) is 27.9 Å². The molecule has 1 nitrogen and oxygen atoms in total. The highest BCUT2D eigenvalue weighted by Gasteiger charge is 2.20. The molecule has 0 aliphatic rings. The highest BCUT2D eigenvalue weighted by molar-refractivity contribution is 7.27. The number of thiophene rings is 3. The number of fused-ring (bicyclic) bond motifs is 13. The van der Waals surface area contributed by atoms with E-state index in [9.17, 15) is 0 Å². The maximum atomic E-state index is 2.51. The zero-order chi connectivity index (χ0) is 33.9. The topological polar surface area (TPSA) is 4.93 Å². The number of hydrogen-bond donors (Lipinski definition) is 0. The van der Waals surface area contributed by atoms with Crippen LogP contribution in [0.25, 0.3) is 110 Å². The molecule has 0 amide bonds. The van der Waals surface area contributed by atoms with Crippen molar-refractivity contribution in [2.24, 2.45) is 0 Å². The third-order valence-corrected chi connectivity index (χ3v) is 14.4. The van der Waals surface area contributed by atoms with E-state index in [2.05, 4.69) is 168 Å². The molecule has 0 aliphatic heterocycles. The van der Waals surface area contributed by atoms with Gasteiger partial charge >= 0.3 is 0 Å². The highest BCUT2D eigenvalue weighted by Crippen LogP contribution is 2.47. The van der Waals surface area contributed by atoms with E-state index in [0.29, 0.717) is 0 Å². The number of nitrogens with zero attached hydrogens (tertiary/aromatic N) is 1. The molecule has 12 rings (SSSR count). The molecule has 0 fully saturated rings. The Morgan fingerprint density at radius 2 is 0.846 bits per heavy atom. The van der Waals surface area contributed by atoms with Gasteiger partial charge in [-0.05, 0) is 76.9 Å². The van der Waals surface area contributed by atoms with E-state index >= 15 is 0 Å². The molecule has 0 saturated carbocycles. The van der Waals surface area contributed by atoms with Gasteiger partial charge in [0, 0.05) is 77.0 Å². The number of rotatable bonds is 3. The van der Waals surface area contributed by atoms with Crippen molar-refractivity contribution < 1.29 is 0 Å². The fourth-order valence-electron chi connectivity index (χ4n) is 8.55. The summed E-state index contributed by atoms with van der Waals surface area (Å²) in [7, 11) is 0. The fraction of sp³-hybridized carbons (Fsp3) is 0. The molecule has 0 radical (unpaired) electrons. The van der Waals surface area contributed by atoms with Crippen molar-refractivity contribution >= 4 is 116 Å². The Bertz CT molecular complexity index is 3290. The Kier molecular flexibility index (Phi) is 6.03. The molecule has 0 N–H and O–H groups in total. The minimum atomic E-state index is 1.17. The molecule has 0 atom stereocenters. The molecule has 0 unspecified atom stereocenters. The molecule has 0 aliphatic carbocycles. The average molecular weight is 714 g/mol. The van der Waals surface area contributed by atoms with Gasteiger partial charge in [0.1, 0.15) is 0 Å².